The average Bonchev–Trinajstić information content (AvgIpc) is 3.29. The van der Waals surface area contributed by atoms with Crippen molar-refractivity contribution in [2.45, 2.75) is 222 Å². The van der Waals surface area contributed by atoms with E-state index in [4.69, 9.17) is 9.47 Å². The van der Waals surface area contributed by atoms with Crippen LogP contribution in [0.25, 0.3) is 0 Å². The molecular formula is C56H92O15. The zero-order valence-electron chi connectivity index (χ0n) is 47.7. The molecule has 1 aliphatic carbocycles. The lowest BCUT2D eigenvalue weighted by Crippen LogP contribution is -2.33. The number of rotatable bonds is 13. The van der Waals surface area contributed by atoms with Crippen molar-refractivity contribution >= 4 is 59.7 Å². The fourth-order valence-corrected chi connectivity index (χ4v) is 4.67. The van der Waals surface area contributed by atoms with E-state index >= 15 is 0 Å². The van der Waals surface area contributed by atoms with Gasteiger partial charge < -0.3 is 23.7 Å². The van der Waals surface area contributed by atoms with E-state index < -0.39 is 74.8 Å². The van der Waals surface area contributed by atoms with Crippen LogP contribution in [0.3, 0.4) is 0 Å². The summed E-state index contributed by atoms with van der Waals surface area (Å²) in [6.45, 7) is 39.2. The molecule has 1 fully saturated rings. The summed E-state index contributed by atoms with van der Waals surface area (Å²) in [6.07, 6.45) is 8.78. The second kappa shape index (κ2) is 31.4. The highest BCUT2D eigenvalue weighted by Gasteiger charge is 2.35. The summed E-state index contributed by atoms with van der Waals surface area (Å²) in [7, 11) is 0. The molecule has 0 unspecified atom stereocenters. The molecule has 406 valence electrons. The van der Waals surface area contributed by atoms with Crippen molar-refractivity contribution in [3.8, 4) is 0 Å². The Morgan fingerprint density at radius 3 is 1.14 bits per heavy atom. The molecule has 1 aromatic carbocycles. The van der Waals surface area contributed by atoms with Crippen LogP contribution in [0.15, 0.2) is 24.3 Å². The third kappa shape index (κ3) is 27.9. The largest absolute Gasteiger partial charge is 0.393 e. The van der Waals surface area contributed by atoms with Crippen LogP contribution in [-0.2, 0) is 72.3 Å². The summed E-state index contributed by atoms with van der Waals surface area (Å²) in [5.74, 6) is -4.99. The quantitative estimate of drug-likeness (QED) is 0.102. The first-order valence-electron chi connectivity index (χ1n) is 25.0. The molecule has 1 saturated carbocycles. The number of esters is 10. The van der Waals surface area contributed by atoms with Gasteiger partial charge in [0.15, 0.2) is 0 Å². The lowest BCUT2D eigenvalue weighted by molar-refractivity contribution is -0.172. The summed E-state index contributed by atoms with van der Waals surface area (Å²) in [5, 5.41) is 0. The van der Waals surface area contributed by atoms with Crippen LogP contribution in [0, 0.1) is 38.9 Å². The van der Waals surface area contributed by atoms with Gasteiger partial charge in [-0.2, -0.15) is 0 Å². The molecule has 1 aromatic rings. The van der Waals surface area contributed by atoms with Gasteiger partial charge in [0.25, 0.3) is 0 Å². The van der Waals surface area contributed by atoms with Crippen LogP contribution in [0.1, 0.15) is 232 Å². The summed E-state index contributed by atoms with van der Waals surface area (Å²) in [5.41, 5.74) is -1.22. The van der Waals surface area contributed by atoms with Crippen molar-refractivity contribution < 1.29 is 71.6 Å². The second-order valence-electron chi connectivity index (χ2n) is 22.4. The summed E-state index contributed by atoms with van der Waals surface area (Å²) < 4.78 is 23.4. The monoisotopic (exact) mass is 1000 g/mol. The number of hydrogen-bond acceptors (Lipinski definition) is 15. The van der Waals surface area contributed by atoms with E-state index in [0.717, 1.165) is 32.1 Å². The molecule has 0 bridgehead atoms. The average molecular weight is 1010 g/mol. The zero-order valence-corrected chi connectivity index (χ0v) is 47.7. The molecule has 0 heterocycles. The molecule has 1 aliphatic rings. The second-order valence-corrected chi connectivity index (χ2v) is 22.4. The van der Waals surface area contributed by atoms with Gasteiger partial charge in [-0.05, 0) is 144 Å². The molecule has 0 atom stereocenters. The van der Waals surface area contributed by atoms with Crippen molar-refractivity contribution in [1.82, 2.24) is 0 Å². The Morgan fingerprint density at radius 1 is 0.465 bits per heavy atom. The Kier molecular flexibility index (Phi) is 31.0. The highest BCUT2D eigenvalue weighted by Crippen LogP contribution is 2.29. The van der Waals surface area contributed by atoms with Gasteiger partial charge in [-0.25, -0.2) is 4.79 Å². The molecule has 0 radical (unpaired) electrons. The highest BCUT2D eigenvalue weighted by molar-refractivity contribution is 5.96. The Balaban J connectivity index is -0.000000821. The van der Waals surface area contributed by atoms with Crippen LogP contribution in [0.5, 0.6) is 0 Å². The van der Waals surface area contributed by atoms with E-state index in [0.29, 0.717) is 31.2 Å². The van der Waals surface area contributed by atoms with E-state index in [1.54, 1.807) is 88.3 Å². The van der Waals surface area contributed by atoms with E-state index in [-0.39, 0.29) is 29.2 Å². The predicted molar refractivity (Wildman–Crippen MR) is 273 cm³/mol. The molecule has 0 N–H and O–H groups in total. The first-order valence-corrected chi connectivity index (χ1v) is 25.0. The van der Waals surface area contributed by atoms with Gasteiger partial charge in [-0.15, -0.1) is 0 Å². The molecule has 15 heteroatoms. The number of carbonyl (C=O) groups is 10. The molecule has 2 rings (SSSR count). The number of benzene rings is 1. The summed E-state index contributed by atoms with van der Waals surface area (Å²) in [4.78, 5) is 112. The lowest BCUT2D eigenvalue weighted by atomic mass is 9.82. The number of hydrogen-bond donors (Lipinski definition) is 0. The lowest BCUT2D eigenvalue weighted by Gasteiger charge is -2.23. The van der Waals surface area contributed by atoms with Gasteiger partial charge in [-0.3, -0.25) is 43.2 Å². The van der Waals surface area contributed by atoms with Gasteiger partial charge in [0.05, 0.1) is 44.5 Å². The normalized spacial score (nSPS) is 13.0. The van der Waals surface area contributed by atoms with Gasteiger partial charge in [0.2, 0.25) is 0 Å². The maximum absolute atomic E-state index is 11.7. The fraction of sp³-hybridized carbons (Fsp3) is 0.714. The molecule has 0 aromatic heterocycles. The molecule has 0 saturated heterocycles. The van der Waals surface area contributed by atoms with E-state index in [2.05, 4.69) is 35.0 Å². The van der Waals surface area contributed by atoms with E-state index in [1.807, 2.05) is 53.7 Å². The SMILES string of the molecule is CCC(C)(C)C(=O)OC(=O)C(C)(C)C.CCC(C)(C)C(=O)OC(=O)C(C)C.CCC(C)(C)C(=O)OC(=O)C1CCCCC1.CCC(C)(C)C(=O)OC(C)=O.CCC(C)(C)c1ccc(C(=O)OC(C)=O)cc1. The van der Waals surface area contributed by atoms with E-state index in [1.165, 1.54) is 25.8 Å². The molecule has 15 nitrogen and oxygen atoms in total. The van der Waals surface area contributed by atoms with Gasteiger partial charge >= 0.3 is 59.7 Å². The third-order valence-electron chi connectivity index (χ3n) is 12.6. The minimum Gasteiger partial charge on any atom is -0.393 e. The topological polar surface area (TPSA) is 217 Å². The number of carbonyl (C=O) groups excluding carboxylic acids is 10. The first-order chi connectivity index (χ1) is 32.2. The van der Waals surface area contributed by atoms with Crippen molar-refractivity contribution in [3.05, 3.63) is 35.4 Å². The maximum atomic E-state index is 11.7. The van der Waals surface area contributed by atoms with Crippen molar-refractivity contribution in [1.29, 1.82) is 0 Å². The number of ether oxygens (including phenoxy) is 5. The van der Waals surface area contributed by atoms with Crippen LogP contribution in [-0.4, -0.2) is 59.7 Å². The van der Waals surface area contributed by atoms with Crippen LogP contribution >= 0.6 is 0 Å². The van der Waals surface area contributed by atoms with E-state index in [9.17, 15) is 47.9 Å². The molecule has 0 aliphatic heterocycles. The predicted octanol–water partition coefficient (Wildman–Crippen LogP) is 12.3. The van der Waals surface area contributed by atoms with Crippen LogP contribution in [0.4, 0.5) is 0 Å². The summed E-state index contributed by atoms with van der Waals surface area (Å²) in [6, 6.07) is 7.19. The maximum Gasteiger partial charge on any atom is 0.345 e. The molecule has 71 heavy (non-hydrogen) atoms. The fourth-order valence-electron chi connectivity index (χ4n) is 4.67. The Hall–Kier alpha value is -5.08. The minimum absolute atomic E-state index is 0.0506. The molecule has 0 amide bonds. The molecular weight excluding hydrogens is 913 g/mol. The summed E-state index contributed by atoms with van der Waals surface area (Å²) >= 11 is 0. The first kappa shape index (κ1) is 70.2. The van der Waals surface area contributed by atoms with Gasteiger partial charge in [0, 0.05) is 13.8 Å². The standard InChI is InChI=1S/C14H18O3.C13H22O3.C11H20O3.C10H18O3.C8H14O3/c1-5-14(3,4)12-8-6-11(7-9-12)13(16)17-10(2)15;1-4-13(2,3)12(15)16-11(14)10-8-6-5-7-9-10;1-7-11(5,6)9(13)14-8(12)10(2,3)4;1-6-10(4,5)9(12)13-8(11)7(2)3;1-5-8(3,4)7(10)11-6(2)9/h6-9H,5H2,1-4H3;10H,4-9H2,1-3H3;7H2,1-6H3;7H,6H2,1-5H3;5H2,1-4H3. The molecule has 0 spiro atoms. The Labute approximate surface area is 426 Å². The minimum atomic E-state index is -0.626. The van der Waals surface area contributed by atoms with Crippen LogP contribution < -0.4 is 0 Å². The van der Waals surface area contributed by atoms with Crippen molar-refractivity contribution in [3.63, 3.8) is 0 Å². The Morgan fingerprint density at radius 2 is 0.817 bits per heavy atom. The van der Waals surface area contributed by atoms with Crippen molar-refractivity contribution in [2.75, 3.05) is 0 Å². The highest BCUT2D eigenvalue weighted by atomic mass is 16.6. The van der Waals surface area contributed by atoms with Gasteiger partial charge in [-0.1, -0.05) is 93.7 Å². The zero-order chi connectivity index (χ0) is 56.5. The Bertz CT molecular complexity index is 1920. The van der Waals surface area contributed by atoms with Crippen molar-refractivity contribution in [2.24, 2.45) is 38.9 Å². The smallest absolute Gasteiger partial charge is 0.345 e. The van der Waals surface area contributed by atoms with Crippen LogP contribution in [0.2, 0.25) is 0 Å². The third-order valence-corrected chi connectivity index (χ3v) is 12.6. The van der Waals surface area contributed by atoms with Gasteiger partial charge in [0.1, 0.15) is 0 Å².